The van der Waals surface area contributed by atoms with Crippen molar-refractivity contribution in [3.05, 3.63) is 28.2 Å². The number of carbonyl (C=O) groups is 1. The molecule has 0 unspecified atom stereocenters. The number of nitrogens with one attached hydrogen (secondary N) is 1. The van der Waals surface area contributed by atoms with Crippen LogP contribution in [-0.4, -0.2) is 10.9 Å². The van der Waals surface area contributed by atoms with Gasteiger partial charge in [-0.2, -0.15) is 0 Å². The molecule has 0 heterocycles. The van der Waals surface area contributed by atoms with E-state index in [1.54, 1.807) is 0 Å². The molecule has 102 valence electrons. The second-order valence-corrected chi connectivity index (χ2v) is 6.63. The van der Waals surface area contributed by atoms with Crippen LogP contribution in [0.1, 0.15) is 38.2 Å². The second-order valence-electron chi connectivity index (χ2n) is 5.28. The molecule has 1 aliphatic rings. The maximum Gasteiger partial charge on any atom is 0.230 e. The van der Waals surface area contributed by atoms with E-state index in [9.17, 15) is 4.79 Å². The van der Waals surface area contributed by atoms with Gasteiger partial charge in [0.15, 0.2) is 0 Å². The number of nitrogens with two attached hydrogens (primary N) is 1. The molecule has 1 amide bonds. The number of hydrogen-bond donors (Lipinski definition) is 2. The Labute approximate surface area is 127 Å². The summed E-state index contributed by atoms with van der Waals surface area (Å²) < 4.78 is 0.888. The van der Waals surface area contributed by atoms with Crippen LogP contribution in [0.2, 0.25) is 0 Å². The SMILES string of the molecule is CC1(C(=O)Nc2cc(Br)ccc2C(N)=S)CCCC1. The Kier molecular flexibility index (Phi) is 4.26. The average molecular weight is 341 g/mol. The summed E-state index contributed by atoms with van der Waals surface area (Å²) >= 11 is 8.42. The molecule has 0 aromatic heterocycles. The van der Waals surface area contributed by atoms with E-state index >= 15 is 0 Å². The van der Waals surface area contributed by atoms with Gasteiger partial charge in [-0.1, -0.05) is 47.9 Å². The van der Waals surface area contributed by atoms with E-state index in [-0.39, 0.29) is 11.3 Å². The number of thiocarbonyl (C=S) groups is 1. The fourth-order valence-corrected chi connectivity index (χ4v) is 3.03. The van der Waals surface area contributed by atoms with Crippen LogP contribution in [-0.2, 0) is 4.79 Å². The molecule has 19 heavy (non-hydrogen) atoms. The third kappa shape index (κ3) is 3.15. The highest BCUT2D eigenvalue weighted by Gasteiger charge is 2.36. The van der Waals surface area contributed by atoms with Crippen molar-refractivity contribution in [2.45, 2.75) is 32.6 Å². The van der Waals surface area contributed by atoms with Gasteiger partial charge in [-0.05, 0) is 31.0 Å². The largest absolute Gasteiger partial charge is 0.389 e. The van der Waals surface area contributed by atoms with Gasteiger partial charge >= 0.3 is 0 Å². The van der Waals surface area contributed by atoms with Crippen molar-refractivity contribution in [2.75, 3.05) is 5.32 Å². The predicted molar refractivity (Wildman–Crippen MR) is 85.2 cm³/mol. The van der Waals surface area contributed by atoms with Gasteiger partial charge in [0.05, 0.1) is 5.69 Å². The lowest BCUT2D eigenvalue weighted by Crippen LogP contribution is -2.31. The smallest absolute Gasteiger partial charge is 0.230 e. The number of anilines is 1. The van der Waals surface area contributed by atoms with Crippen molar-refractivity contribution in [1.82, 2.24) is 0 Å². The Balaban J connectivity index is 2.25. The number of rotatable bonds is 3. The predicted octanol–water partition coefficient (Wildman–Crippen LogP) is 3.60. The summed E-state index contributed by atoms with van der Waals surface area (Å²) in [5.74, 6) is 0.0561. The minimum absolute atomic E-state index is 0.0561. The zero-order valence-electron chi connectivity index (χ0n) is 10.8. The first kappa shape index (κ1) is 14.5. The number of carbonyl (C=O) groups excluding carboxylic acids is 1. The van der Waals surface area contributed by atoms with E-state index < -0.39 is 0 Å². The maximum atomic E-state index is 12.4. The molecule has 0 atom stereocenters. The van der Waals surface area contributed by atoms with Crippen molar-refractivity contribution in [3.63, 3.8) is 0 Å². The second kappa shape index (κ2) is 5.59. The molecule has 1 saturated carbocycles. The Hall–Kier alpha value is -0.940. The van der Waals surface area contributed by atoms with Crippen LogP contribution >= 0.6 is 28.1 Å². The van der Waals surface area contributed by atoms with E-state index in [0.29, 0.717) is 16.2 Å². The molecule has 1 aromatic rings. The topological polar surface area (TPSA) is 55.1 Å². The summed E-state index contributed by atoms with van der Waals surface area (Å²) in [5, 5.41) is 2.98. The zero-order valence-corrected chi connectivity index (χ0v) is 13.2. The highest BCUT2D eigenvalue weighted by atomic mass is 79.9. The lowest BCUT2D eigenvalue weighted by atomic mass is 9.87. The summed E-state index contributed by atoms with van der Waals surface area (Å²) in [4.78, 5) is 12.7. The van der Waals surface area contributed by atoms with E-state index in [2.05, 4.69) is 21.2 Å². The van der Waals surface area contributed by atoms with Crippen molar-refractivity contribution in [2.24, 2.45) is 11.1 Å². The van der Waals surface area contributed by atoms with Crippen molar-refractivity contribution < 1.29 is 4.79 Å². The third-order valence-electron chi connectivity index (χ3n) is 3.75. The monoisotopic (exact) mass is 340 g/mol. The normalized spacial score (nSPS) is 17.2. The minimum atomic E-state index is -0.268. The molecule has 0 spiro atoms. The number of amides is 1. The molecule has 2 rings (SSSR count). The summed E-state index contributed by atoms with van der Waals surface area (Å²) in [5.41, 5.74) is 6.81. The van der Waals surface area contributed by atoms with Crippen LogP contribution in [0.3, 0.4) is 0 Å². The molecule has 3 N–H and O–H groups in total. The molecule has 1 aromatic carbocycles. The van der Waals surface area contributed by atoms with Crippen molar-refractivity contribution in [3.8, 4) is 0 Å². The van der Waals surface area contributed by atoms with E-state index in [1.165, 1.54) is 0 Å². The van der Waals surface area contributed by atoms with Crippen molar-refractivity contribution in [1.29, 1.82) is 0 Å². The van der Waals surface area contributed by atoms with Gasteiger partial charge < -0.3 is 11.1 Å². The van der Waals surface area contributed by atoms with Gasteiger partial charge in [-0.25, -0.2) is 0 Å². The van der Waals surface area contributed by atoms with Crippen LogP contribution in [0, 0.1) is 5.41 Å². The molecule has 1 aliphatic carbocycles. The Morgan fingerprint density at radius 1 is 1.42 bits per heavy atom. The quantitative estimate of drug-likeness (QED) is 0.826. The number of halogens is 1. The average Bonchev–Trinajstić information content (AvgIpc) is 2.77. The fourth-order valence-electron chi connectivity index (χ4n) is 2.49. The summed E-state index contributed by atoms with van der Waals surface area (Å²) in [6, 6.07) is 5.52. The van der Waals surface area contributed by atoms with E-state index in [1.807, 2.05) is 25.1 Å². The van der Waals surface area contributed by atoms with Crippen LogP contribution in [0.15, 0.2) is 22.7 Å². The lowest BCUT2D eigenvalue weighted by Gasteiger charge is -2.23. The van der Waals surface area contributed by atoms with Gasteiger partial charge in [0.25, 0.3) is 0 Å². The van der Waals surface area contributed by atoms with E-state index in [4.69, 9.17) is 18.0 Å². The first-order valence-corrected chi connectivity index (χ1v) is 7.53. The Morgan fingerprint density at radius 2 is 2.05 bits per heavy atom. The zero-order chi connectivity index (χ0) is 14.0. The van der Waals surface area contributed by atoms with Gasteiger partial charge in [0, 0.05) is 15.5 Å². The van der Waals surface area contributed by atoms with Crippen LogP contribution in [0.4, 0.5) is 5.69 Å². The Morgan fingerprint density at radius 3 is 2.63 bits per heavy atom. The third-order valence-corrected chi connectivity index (χ3v) is 4.46. The highest BCUT2D eigenvalue weighted by Crippen LogP contribution is 2.38. The van der Waals surface area contributed by atoms with E-state index in [0.717, 1.165) is 30.2 Å². The van der Waals surface area contributed by atoms with Gasteiger partial charge in [0.1, 0.15) is 4.99 Å². The van der Waals surface area contributed by atoms with Crippen molar-refractivity contribution >= 4 is 44.7 Å². The highest BCUT2D eigenvalue weighted by molar-refractivity contribution is 9.10. The molecular weight excluding hydrogens is 324 g/mol. The molecule has 5 heteroatoms. The summed E-state index contributed by atoms with van der Waals surface area (Å²) in [6.45, 7) is 2.02. The molecule has 0 saturated heterocycles. The summed E-state index contributed by atoms with van der Waals surface area (Å²) in [6.07, 6.45) is 4.11. The van der Waals surface area contributed by atoms with Crippen LogP contribution in [0.25, 0.3) is 0 Å². The van der Waals surface area contributed by atoms with Gasteiger partial charge in [-0.3, -0.25) is 4.79 Å². The first-order valence-electron chi connectivity index (χ1n) is 6.33. The summed E-state index contributed by atoms with van der Waals surface area (Å²) in [7, 11) is 0. The lowest BCUT2D eigenvalue weighted by molar-refractivity contribution is -0.124. The standard InChI is InChI=1S/C14H17BrN2OS/c1-14(6-2-3-7-14)13(18)17-11-8-9(15)4-5-10(11)12(16)19/h4-5,8H,2-3,6-7H2,1H3,(H2,16,19)(H,17,18). The number of hydrogen-bond acceptors (Lipinski definition) is 2. The first-order chi connectivity index (χ1) is 8.92. The molecule has 0 bridgehead atoms. The molecule has 0 aliphatic heterocycles. The molecule has 3 nitrogen and oxygen atoms in total. The van der Waals surface area contributed by atoms with Crippen LogP contribution in [0.5, 0.6) is 0 Å². The van der Waals surface area contributed by atoms with Gasteiger partial charge in [-0.15, -0.1) is 0 Å². The molecule has 0 radical (unpaired) electrons. The van der Waals surface area contributed by atoms with Gasteiger partial charge in [0.2, 0.25) is 5.91 Å². The van der Waals surface area contributed by atoms with Crippen LogP contribution < -0.4 is 11.1 Å². The number of benzene rings is 1. The minimum Gasteiger partial charge on any atom is -0.389 e. The fraction of sp³-hybridized carbons (Fsp3) is 0.429. The molecule has 1 fully saturated rings. The Bertz CT molecular complexity index is 524. The molecular formula is C14H17BrN2OS. The maximum absolute atomic E-state index is 12.4.